The van der Waals surface area contributed by atoms with Gasteiger partial charge in [-0.05, 0) is 42.7 Å². The zero-order valence-corrected chi connectivity index (χ0v) is 17.2. The third kappa shape index (κ3) is 4.91. The predicted octanol–water partition coefficient (Wildman–Crippen LogP) is 3.59. The van der Waals surface area contributed by atoms with Crippen molar-refractivity contribution in [2.75, 3.05) is 0 Å². The summed E-state index contributed by atoms with van der Waals surface area (Å²) < 4.78 is 23.3. The summed E-state index contributed by atoms with van der Waals surface area (Å²) in [5, 5.41) is 8.26. The molecule has 150 valence electrons. The quantitative estimate of drug-likeness (QED) is 0.653. The van der Waals surface area contributed by atoms with E-state index < -0.39 is 10.0 Å². The summed E-state index contributed by atoms with van der Waals surface area (Å²) in [6.07, 6.45) is 0. The summed E-state index contributed by atoms with van der Waals surface area (Å²) in [6, 6.07) is 24.0. The lowest BCUT2D eigenvalue weighted by molar-refractivity contribution is 0.0936. The third-order valence-corrected chi connectivity index (χ3v) is 5.87. The van der Waals surface area contributed by atoms with E-state index >= 15 is 0 Å². The van der Waals surface area contributed by atoms with Crippen molar-refractivity contribution in [3.8, 4) is 0 Å². The number of hydrogen-bond donors (Lipinski definition) is 2. The molecule has 1 atom stereocenters. The molecule has 0 fully saturated rings. The summed E-state index contributed by atoms with van der Waals surface area (Å²) in [6.45, 7) is 3.71. The molecule has 0 aliphatic rings. The number of aryl methyl sites for hydroxylation is 1. The van der Waals surface area contributed by atoms with Gasteiger partial charge in [-0.25, -0.2) is 13.6 Å². The van der Waals surface area contributed by atoms with Gasteiger partial charge >= 0.3 is 0 Å². The Morgan fingerprint density at radius 2 is 1.41 bits per heavy atom. The second-order valence-corrected chi connectivity index (χ2v) is 8.64. The van der Waals surface area contributed by atoms with E-state index in [1.54, 1.807) is 13.0 Å². The molecule has 0 spiro atoms. The standard InChI is InChI=1S/C23H24N2O3S/c1-16-13-14-20(29(24,27)28)15-21(16)23(26)25-17(2)22(18-9-5-3-6-10-18)19-11-7-4-8-12-19/h3-15,17,22H,1-2H3,(H,25,26)(H2,24,27,28). The van der Waals surface area contributed by atoms with Crippen molar-refractivity contribution < 1.29 is 13.2 Å². The van der Waals surface area contributed by atoms with E-state index in [2.05, 4.69) is 5.32 Å². The second kappa shape index (κ2) is 8.59. The summed E-state index contributed by atoms with van der Waals surface area (Å²) in [4.78, 5) is 12.9. The number of primary sulfonamides is 1. The van der Waals surface area contributed by atoms with Crippen LogP contribution in [0.1, 0.15) is 39.9 Å². The highest BCUT2D eigenvalue weighted by molar-refractivity contribution is 7.89. The Hall–Kier alpha value is -2.96. The maximum Gasteiger partial charge on any atom is 0.251 e. The molecule has 29 heavy (non-hydrogen) atoms. The fraction of sp³-hybridized carbons (Fsp3) is 0.174. The molecule has 5 nitrogen and oxygen atoms in total. The molecule has 0 bridgehead atoms. The smallest absolute Gasteiger partial charge is 0.251 e. The van der Waals surface area contributed by atoms with Gasteiger partial charge in [-0.1, -0.05) is 66.7 Å². The molecule has 1 unspecified atom stereocenters. The van der Waals surface area contributed by atoms with Gasteiger partial charge in [-0.2, -0.15) is 0 Å². The number of sulfonamides is 1. The second-order valence-electron chi connectivity index (χ2n) is 7.08. The number of benzene rings is 3. The number of amides is 1. The van der Waals surface area contributed by atoms with Crippen LogP contribution in [0.4, 0.5) is 0 Å². The molecule has 0 aliphatic carbocycles. The first-order chi connectivity index (χ1) is 13.8. The lowest BCUT2D eigenvalue weighted by atomic mass is 9.85. The van der Waals surface area contributed by atoms with Crippen LogP contribution >= 0.6 is 0 Å². The Labute approximate surface area is 171 Å². The molecule has 0 aliphatic heterocycles. The molecular weight excluding hydrogens is 384 g/mol. The van der Waals surface area contributed by atoms with Gasteiger partial charge in [-0.3, -0.25) is 4.79 Å². The molecule has 0 heterocycles. The molecule has 3 rings (SSSR count). The van der Waals surface area contributed by atoms with Crippen molar-refractivity contribution in [3.05, 3.63) is 101 Å². The monoisotopic (exact) mass is 408 g/mol. The SMILES string of the molecule is Cc1ccc(S(N)(=O)=O)cc1C(=O)NC(C)C(c1ccccc1)c1ccccc1. The summed E-state index contributed by atoms with van der Waals surface area (Å²) in [5.74, 6) is -0.388. The zero-order chi connectivity index (χ0) is 21.0. The zero-order valence-electron chi connectivity index (χ0n) is 16.4. The molecule has 3 aromatic carbocycles. The van der Waals surface area contributed by atoms with Gasteiger partial charge in [0.05, 0.1) is 4.90 Å². The van der Waals surface area contributed by atoms with Crippen LogP contribution < -0.4 is 10.5 Å². The summed E-state index contributed by atoms with van der Waals surface area (Å²) >= 11 is 0. The van der Waals surface area contributed by atoms with Crippen molar-refractivity contribution in [1.29, 1.82) is 0 Å². The van der Waals surface area contributed by atoms with Crippen LogP contribution in [0.15, 0.2) is 83.8 Å². The first-order valence-corrected chi connectivity index (χ1v) is 10.9. The molecule has 0 saturated heterocycles. The topological polar surface area (TPSA) is 89.3 Å². The Morgan fingerprint density at radius 1 is 0.897 bits per heavy atom. The maximum atomic E-state index is 13.0. The minimum Gasteiger partial charge on any atom is -0.349 e. The normalized spacial score (nSPS) is 12.6. The van der Waals surface area contributed by atoms with Crippen LogP contribution in [-0.4, -0.2) is 20.4 Å². The lowest BCUT2D eigenvalue weighted by Gasteiger charge is -2.26. The number of hydrogen-bond acceptors (Lipinski definition) is 3. The Morgan fingerprint density at radius 3 is 1.90 bits per heavy atom. The van der Waals surface area contributed by atoms with Crippen LogP contribution in [0.5, 0.6) is 0 Å². The maximum absolute atomic E-state index is 13.0. The first-order valence-electron chi connectivity index (χ1n) is 9.31. The van der Waals surface area contributed by atoms with Crippen molar-refractivity contribution in [1.82, 2.24) is 5.32 Å². The van der Waals surface area contributed by atoms with E-state index in [-0.39, 0.29) is 22.8 Å². The Bertz CT molecular complexity index is 1060. The average Bonchev–Trinajstić information content (AvgIpc) is 2.69. The first kappa shape index (κ1) is 20.8. The molecular formula is C23H24N2O3S. The minimum absolute atomic E-state index is 0.0527. The van der Waals surface area contributed by atoms with Crippen LogP contribution in [0.2, 0.25) is 0 Å². The molecule has 1 amide bonds. The molecule has 0 saturated carbocycles. The number of carbonyl (C=O) groups excluding carboxylic acids is 1. The van der Waals surface area contributed by atoms with Gasteiger partial charge < -0.3 is 5.32 Å². The number of rotatable bonds is 6. The van der Waals surface area contributed by atoms with Gasteiger partial charge in [-0.15, -0.1) is 0 Å². The van der Waals surface area contributed by atoms with Crippen molar-refractivity contribution in [3.63, 3.8) is 0 Å². The highest BCUT2D eigenvalue weighted by Crippen LogP contribution is 2.28. The van der Waals surface area contributed by atoms with Crippen LogP contribution in [0, 0.1) is 6.92 Å². The van der Waals surface area contributed by atoms with E-state index in [0.717, 1.165) is 11.1 Å². The fourth-order valence-corrected chi connectivity index (χ4v) is 4.02. The van der Waals surface area contributed by atoms with Crippen LogP contribution in [0.25, 0.3) is 0 Å². The van der Waals surface area contributed by atoms with E-state index in [4.69, 9.17) is 5.14 Å². The number of nitrogens with two attached hydrogens (primary N) is 1. The number of nitrogens with one attached hydrogen (secondary N) is 1. The van der Waals surface area contributed by atoms with Gasteiger partial charge in [0.2, 0.25) is 10.0 Å². The third-order valence-electron chi connectivity index (χ3n) is 4.96. The predicted molar refractivity (Wildman–Crippen MR) is 114 cm³/mol. The molecule has 3 aromatic rings. The lowest BCUT2D eigenvalue weighted by Crippen LogP contribution is -2.38. The Balaban J connectivity index is 1.93. The highest BCUT2D eigenvalue weighted by atomic mass is 32.2. The van der Waals surface area contributed by atoms with Crippen molar-refractivity contribution in [2.24, 2.45) is 5.14 Å². The largest absolute Gasteiger partial charge is 0.349 e. The summed E-state index contributed by atoms with van der Waals surface area (Å²) in [5.41, 5.74) is 3.14. The molecule has 3 N–H and O–H groups in total. The Kier molecular flexibility index (Phi) is 6.15. The highest BCUT2D eigenvalue weighted by Gasteiger charge is 2.24. The molecule has 0 radical (unpaired) electrons. The fourth-order valence-electron chi connectivity index (χ4n) is 3.48. The van der Waals surface area contributed by atoms with Gasteiger partial charge in [0.15, 0.2) is 0 Å². The number of carbonyl (C=O) groups is 1. The van der Waals surface area contributed by atoms with E-state index in [1.165, 1.54) is 12.1 Å². The van der Waals surface area contributed by atoms with Gasteiger partial charge in [0, 0.05) is 17.5 Å². The average molecular weight is 409 g/mol. The van der Waals surface area contributed by atoms with Crippen molar-refractivity contribution >= 4 is 15.9 Å². The van der Waals surface area contributed by atoms with E-state index in [9.17, 15) is 13.2 Å². The molecule has 0 aromatic heterocycles. The van der Waals surface area contributed by atoms with Crippen molar-refractivity contribution in [2.45, 2.75) is 30.7 Å². The van der Waals surface area contributed by atoms with Crippen LogP contribution in [-0.2, 0) is 10.0 Å². The van der Waals surface area contributed by atoms with Gasteiger partial charge in [0.1, 0.15) is 0 Å². The van der Waals surface area contributed by atoms with Crippen LogP contribution in [0.3, 0.4) is 0 Å². The van der Waals surface area contributed by atoms with E-state index in [0.29, 0.717) is 11.1 Å². The summed E-state index contributed by atoms with van der Waals surface area (Å²) in [7, 11) is -3.89. The molecule has 6 heteroatoms. The van der Waals surface area contributed by atoms with Gasteiger partial charge in [0.25, 0.3) is 5.91 Å². The van der Waals surface area contributed by atoms with E-state index in [1.807, 2.05) is 67.6 Å². The minimum atomic E-state index is -3.89.